The number of benzene rings is 3. The number of ether oxygens (including phenoxy) is 1. The van der Waals surface area contributed by atoms with Gasteiger partial charge in [0.2, 0.25) is 11.8 Å². The largest absolute Gasteiger partial charge is 0.496 e. The minimum absolute atomic E-state index is 0.0357. The van der Waals surface area contributed by atoms with Crippen molar-refractivity contribution >= 4 is 56.8 Å². The first-order valence-corrected chi connectivity index (χ1v) is 16.2. The molecule has 0 saturated heterocycles. The summed E-state index contributed by atoms with van der Waals surface area (Å²) in [6.07, 6.45) is -0.580. The molecule has 3 aromatic carbocycles. The van der Waals surface area contributed by atoms with E-state index < -0.39 is 42.1 Å². The van der Waals surface area contributed by atoms with Gasteiger partial charge < -0.3 is 20.5 Å². The number of nitrogens with one attached hydrogen (secondary N) is 2. The van der Waals surface area contributed by atoms with Gasteiger partial charge in [0, 0.05) is 20.9 Å². The molecule has 4 aromatic rings. The highest BCUT2D eigenvalue weighted by atomic mass is 32.2. The predicted molar refractivity (Wildman–Crippen MR) is 176 cm³/mol. The molecule has 1 unspecified atom stereocenters. The van der Waals surface area contributed by atoms with Crippen LogP contribution in [0.1, 0.15) is 31.4 Å². The van der Waals surface area contributed by atoms with E-state index in [1.807, 2.05) is 60.7 Å². The number of aliphatic carboxylic acids is 1. The fourth-order valence-corrected chi connectivity index (χ4v) is 6.74. The van der Waals surface area contributed by atoms with E-state index in [1.54, 1.807) is 25.2 Å². The van der Waals surface area contributed by atoms with E-state index >= 15 is 0 Å². The van der Waals surface area contributed by atoms with Crippen LogP contribution in [0.4, 0.5) is 0 Å². The van der Waals surface area contributed by atoms with E-state index in [2.05, 4.69) is 28.8 Å². The highest BCUT2D eigenvalue weighted by molar-refractivity contribution is 7.99. The number of fused-ring (bicyclic) bond motifs is 1. The SMILES string of the molecule is COc1ccc(-c2cc3ccccc3s2)cc1CC(=O)N[C@H](C(=O)NC(CC(=O)O)C(=O)CSCc1ccccc1)C(C)C. The summed E-state index contributed by atoms with van der Waals surface area (Å²) >= 11 is 3.01. The van der Waals surface area contributed by atoms with Crippen molar-refractivity contribution in [3.8, 4) is 16.2 Å². The maximum Gasteiger partial charge on any atom is 0.305 e. The van der Waals surface area contributed by atoms with Crippen LogP contribution in [0.25, 0.3) is 20.5 Å². The average Bonchev–Trinajstić information content (AvgIpc) is 3.44. The van der Waals surface area contributed by atoms with Crippen LogP contribution in [0.15, 0.2) is 78.9 Å². The zero-order valence-corrected chi connectivity index (χ0v) is 26.5. The van der Waals surface area contributed by atoms with E-state index in [0.717, 1.165) is 26.1 Å². The van der Waals surface area contributed by atoms with Gasteiger partial charge in [-0.05, 0) is 52.8 Å². The summed E-state index contributed by atoms with van der Waals surface area (Å²) in [5.74, 6) is -1.74. The monoisotopic (exact) mass is 632 g/mol. The van der Waals surface area contributed by atoms with Gasteiger partial charge >= 0.3 is 5.97 Å². The molecule has 0 spiro atoms. The molecule has 4 rings (SSSR count). The van der Waals surface area contributed by atoms with E-state index in [-0.39, 0.29) is 18.1 Å². The van der Waals surface area contributed by atoms with Crippen LogP contribution in [-0.4, -0.2) is 53.6 Å². The van der Waals surface area contributed by atoms with Crippen LogP contribution in [0.5, 0.6) is 5.75 Å². The number of carboxylic acids is 1. The normalized spacial score (nSPS) is 12.5. The van der Waals surface area contributed by atoms with Gasteiger partial charge in [-0.1, -0.05) is 62.4 Å². The lowest BCUT2D eigenvalue weighted by atomic mass is 10.0. The number of carboxylic acid groups (broad SMARTS) is 1. The van der Waals surface area contributed by atoms with Crippen LogP contribution in [0.3, 0.4) is 0 Å². The van der Waals surface area contributed by atoms with E-state index in [0.29, 0.717) is 17.1 Å². The van der Waals surface area contributed by atoms with Crippen molar-refractivity contribution < 1.29 is 29.0 Å². The molecule has 8 nitrogen and oxygen atoms in total. The first-order valence-electron chi connectivity index (χ1n) is 14.3. The lowest BCUT2D eigenvalue weighted by Crippen LogP contribution is -2.54. The molecular weight excluding hydrogens is 597 g/mol. The fourth-order valence-electron chi connectivity index (χ4n) is 4.75. The third-order valence-corrected chi connectivity index (χ3v) is 9.24. The topological polar surface area (TPSA) is 122 Å². The van der Waals surface area contributed by atoms with E-state index in [4.69, 9.17) is 4.74 Å². The number of hydrogen-bond donors (Lipinski definition) is 3. The lowest BCUT2D eigenvalue weighted by Gasteiger charge is -2.25. The number of rotatable bonds is 15. The number of methoxy groups -OCH3 is 1. The lowest BCUT2D eigenvalue weighted by molar-refractivity contribution is -0.140. The molecule has 0 bridgehead atoms. The van der Waals surface area contributed by atoms with Crippen molar-refractivity contribution in [1.82, 2.24) is 10.6 Å². The summed E-state index contributed by atoms with van der Waals surface area (Å²) in [7, 11) is 1.54. The predicted octanol–water partition coefficient (Wildman–Crippen LogP) is 5.72. The minimum atomic E-state index is -1.21. The molecule has 0 fully saturated rings. The van der Waals surface area contributed by atoms with Crippen molar-refractivity contribution in [2.75, 3.05) is 12.9 Å². The molecule has 230 valence electrons. The van der Waals surface area contributed by atoms with Crippen LogP contribution in [-0.2, 0) is 31.4 Å². The van der Waals surface area contributed by atoms with Crippen molar-refractivity contribution in [3.05, 3.63) is 90.0 Å². The molecule has 0 aliphatic heterocycles. The third-order valence-electron chi connectivity index (χ3n) is 7.05. The second-order valence-corrected chi connectivity index (χ2v) is 12.8. The molecule has 1 heterocycles. The van der Waals surface area contributed by atoms with Gasteiger partial charge in [0.1, 0.15) is 11.8 Å². The Morgan fingerprint density at radius 1 is 0.932 bits per heavy atom. The Labute approximate surface area is 265 Å². The Morgan fingerprint density at radius 2 is 1.66 bits per heavy atom. The van der Waals surface area contributed by atoms with Crippen molar-refractivity contribution in [1.29, 1.82) is 0 Å². The smallest absolute Gasteiger partial charge is 0.305 e. The third kappa shape index (κ3) is 8.93. The molecule has 3 N–H and O–H groups in total. The molecule has 2 atom stereocenters. The molecule has 2 amide bonds. The van der Waals surface area contributed by atoms with Crippen LogP contribution in [0, 0.1) is 5.92 Å². The molecule has 0 aliphatic rings. The van der Waals surface area contributed by atoms with Gasteiger partial charge in [0.25, 0.3) is 0 Å². The number of amides is 2. The highest BCUT2D eigenvalue weighted by Crippen LogP contribution is 2.35. The number of carbonyl (C=O) groups excluding carboxylic acids is 3. The maximum absolute atomic E-state index is 13.3. The Kier molecular flexibility index (Phi) is 11.6. The maximum atomic E-state index is 13.3. The first-order chi connectivity index (χ1) is 21.1. The molecular formula is C34H36N2O6S2. The summed E-state index contributed by atoms with van der Waals surface area (Å²) in [5, 5.41) is 15.9. The zero-order valence-electron chi connectivity index (χ0n) is 24.9. The van der Waals surface area contributed by atoms with Crippen molar-refractivity contribution in [3.63, 3.8) is 0 Å². The Hall–Kier alpha value is -4.15. The molecule has 0 aliphatic carbocycles. The Morgan fingerprint density at radius 3 is 2.34 bits per heavy atom. The van der Waals surface area contributed by atoms with E-state index in [1.165, 1.54) is 18.9 Å². The first kappa shape index (κ1) is 32.8. The van der Waals surface area contributed by atoms with Crippen molar-refractivity contribution in [2.45, 2.75) is 44.5 Å². The van der Waals surface area contributed by atoms with Gasteiger partial charge in [0.05, 0.1) is 31.7 Å². The summed E-state index contributed by atoms with van der Waals surface area (Å²) in [6, 6.07) is 23.4. The summed E-state index contributed by atoms with van der Waals surface area (Å²) in [5.41, 5.74) is 2.66. The molecule has 0 saturated carbocycles. The van der Waals surface area contributed by atoms with Gasteiger partial charge in [-0.3, -0.25) is 19.2 Å². The second-order valence-electron chi connectivity index (χ2n) is 10.7. The van der Waals surface area contributed by atoms with Crippen LogP contribution in [0.2, 0.25) is 0 Å². The van der Waals surface area contributed by atoms with Gasteiger partial charge in [-0.15, -0.1) is 23.1 Å². The molecule has 44 heavy (non-hydrogen) atoms. The number of carbonyl (C=O) groups is 4. The van der Waals surface area contributed by atoms with Gasteiger partial charge in [-0.25, -0.2) is 0 Å². The standard InChI is InChI=1S/C34H36N2O6S2/c1-21(2)33(34(41)35-26(18-32(39)40)27(37)20-43-19-22-9-5-4-6-10-22)36-31(38)17-25-15-24(13-14-28(25)42-3)30-16-23-11-7-8-12-29(23)44-30/h4-16,21,26,33H,17-20H2,1-3H3,(H,35,41)(H,36,38)(H,39,40)/t26?,33-/m0/s1. The quantitative estimate of drug-likeness (QED) is 0.153. The van der Waals surface area contributed by atoms with Gasteiger partial charge in [-0.2, -0.15) is 0 Å². The Balaban J connectivity index is 1.42. The van der Waals surface area contributed by atoms with Crippen molar-refractivity contribution in [2.24, 2.45) is 5.92 Å². The number of thioether (sulfide) groups is 1. The summed E-state index contributed by atoms with van der Waals surface area (Å²) in [4.78, 5) is 52.1. The molecule has 0 radical (unpaired) electrons. The average molecular weight is 633 g/mol. The number of thiophene rings is 1. The van der Waals surface area contributed by atoms with Crippen LogP contribution >= 0.6 is 23.1 Å². The van der Waals surface area contributed by atoms with Gasteiger partial charge in [0.15, 0.2) is 5.78 Å². The zero-order chi connectivity index (χ0) is 31.6. The molecule has 1 aromatic heterocycles. The summed E-state index contributed by atoms with van der Waals surface area (Å²) < 4.78 is 6.69. The van der Waals surface area contributed by atoms with Crippen LogP contribution < -0.4 is 15.4 Å². The molecule has 10 heteroatoms. The second kappa shape index (κ2) is 15.5. The summed E-state index contributed by atoms with van der Waals surface area (Å²) in [6.45, 7) is 3.55. The van der Waals surface area contributed by atoms with E-state index in [9.17, 15) is 24.3 Å². The fraction of sp³-hybridized carbons (Fsp3) is 0.294. The minimum Gasteiger partial charge on any atom is -0.496 e. The Bertz CT molecular complexity index is 1590. The highest BCUT2D eigenvalue weighted by Gasteiger charge is 2.30. The number of Topliss-reactive ketones (excluding diaryl/α,β-unsaturated/α-hetero) is 1. The number of hydrogen-bond acceptors (Lipinski definition) is 7. The number of ketones is 1.